The molecular weight excluding hydrogens is 476 g/mol. The largest absolute Gasteiger partial charge is 0.397 e. The third kappa shape index (κ3) is 3.55. The molecule has 0 aliphatic rings. The van der Waals surface area contributed by atoms with Crippen molar-refractivity contribution >= 4 is 69.2 Å². The van der Waals surface area contributed by atoms with Gasteiger partial charge in [-0.25, -0.2) is 8.42 Å². The molecule has 0 bridgehead atoms. The second-order valence-electron chi connectivity index (χ2n) is 3.91. The first-order valence-electron chi connectivity index (χ1n) is 5.32. The average molecular weight is 485 g/mol. The van der Waals surface area contributed by atoms with Crippen molar-refractivity contribution in [2.75, 3.05) is 10.5 Å². The molecule has 0 atom stereocenters. The fourth-order valence-electron chi connectivity index (χ4n) is 1.53. The summed E-state index contributed by atoms with van der Waals surface area (Å²) in [5, 5.41) is 0. The summed E-state index contributed by atoms with van der Waals surface area (Å²) in [5.41, 5.74) is 6.48. The van der Waals surface area contributed by atoms with Crippen LogP contribution < -0.4 is 10.5 Å². The molecule has 0 amide bonds. The number of nitrogens with two attached hydrogens (primary N) is 1. The predicted octanol–water partition coefficient (Wildman–Crippen LogP) is 4.36. The zero-order valence-corrected chi connectivity index (χ0v) is 15.5. The van der Waals surface area contributed by atoms with Crippen LogP contribution in [0, 0.1) is 0 Å². The van der Waals surface area contributed by atoms with E-state index in [9.17, 15) is 8.42 Å². The molecule has 20 heavy (non-hydrogen) atoms. The van der Waals surface area contributed by atoms with Gasteiger partial charge in [0.1, 0.15) is 0 Å². The van der Waals surface area contributed by atoms with Gasteiger partial charge in [-0.05, 0) is 46.3 Å². The van der Waals surface area contributed by atoms with Gasteiger partial charge in [0, 0.05) is 13.4 Å². The quantitative estimate of drug-likeness (QED) is 0.636. The van der Waals surface area contributed by atoms with Gasteiger partial charge in [0.05, 0.1) is 16.3 Å². The topological polar surface area (TPSA) is 72.2 Å². The lowest BCUT2D eigenvalue weighted by Crippen LogP contribution is -2.14. The fraction of sp³-hybridized carbons (Fsp3) is 0. The van der Waals surface area contributed by atoms with Crippen molar-refractivity contribution in [3.05, 3.63) is 49.8 Å². The predicted molar refractivity (Wildman–Crippen MR) is 91.2 cm³/mol. The summed E-state index contributed by atoms with van der Waals surface area (Å²) in [5.74, 6) is 0. The van der Waals surface area contributed by atoms with Crippen molar-refractivity contribution in [1.82, 2.24) is 0 Å². The minimum absolute atomic E-state index is 0.154. The van der Waals surface area contributed by atoms with Crippen LogP contribution in [0.25, 0.3) is 0 Å². The Morgan fingerprint density at radius 3 is 2.30 bits per heavy atom. The van der Waals surface area contributed by atoms with E-state index in [4.69, 9.17) is 5.73 Å². The van der Waals surface area contributed by atoms with Crippen molar-refractivity contribution < 1.29 is 8.42 Å². The van der Waals surface area contributed by atoms with Crippen molar-refractivity contribution in [3.63, 3.8) is 0 Å². The van der Waals surface area contributed by atoms with Crippen LogP contribution in [0.5, 0.6) is 0 Å². The van der Waals surface area contributed by atoms with Crippen LogP contribution in [0.4, 0.5) is 11.4 Å². The third-order valence-corrected chi connectivity index (χ3v) is 5.35. The monoisotopic (exact) mass is 482 g/mol. The van der Waals surface area contributed by atoms with E-state index >= 15 is 0 Å². The molecule has 3 N–H and O–H groups in total. The maximum absolute atomic E-state index is 12.3. The van der Waals surface area contributed by atoms with Gasteiger partial charge in [-0.1, -0.05) is 37.9 Å². The number of hydrogen-bond acceptors (Lipinski definition) is 3. The van der Waals surface area contributed by atoms with E-state index in [2.05, 4.69) is 52.5 Å². The first-order valence-corrected chi connectivity index (χ1v) is 9.19. The van der Waals surface area contributed by atoms with Crippen LogP contribution >= 0.6 is 47.8 Å². The van der Waals surface area contributed by atoms with Crippen LogP contribution in [0.15, 0.2) is 54.7 Å². The van der Waals surface area contributed by atoms with Gasteiger partial charge in [-0.3, -0.25) is 4.72 Å². The highest BCUT2D eigenvalue weighted by Gasteiger charge is 2.18. The molecule has 0 spiro atoms. The fourth-order valence-corrected chi connectivity index (χ4v) is 4.72. The number of sulfonamides is 1. The number of nitrogen functional groups attached to an aromatic ring is 1. The van der Waals surface area contributed by atoms with Gasteiger partial charge in [-0.15, -0.1) is 0 Å². The summed E-state index contributed by atoms with van der Waals surface area (Å²) in [6.45, 7) is 0. The van der Waals surface area contributed by atoms with E-state index in [-0.39, 0.29) is 4.90 Å². The maximum atomic E-state index is 12.3. The molecule has 4 nitrogen and oxygen atoms in total. The third-order valence-electron chi connectivity index (χ3n) is 2.43. The van der Waals surface area contributed by atoms with Crippen LogP contribution in [0.3, 0.4) is 0 Å². The van der Waals surface area contributed by atoms with Gasteiger partial charge in [0.2, 0.25) is 0 Å². The first-order chi connectivity index (χ1) is 9.29. The van der Waals surface area contributed by atoms with E-state index < -0.39 is 10.0 Å². The Morgan fingerprint density at radius 2 is 1.70 bits per heavy atom. The van der Waals surface area contributed by atoms with Crippen molar-refractivity contribution in [2.24, 2.45) is 0 Å². The summed E-state index contributed by atoms with van der Waals surface area (Å²) in [7, 11) is -3.70. The Morgan fingerprint density at radius 1 is 1.00 bits per heavy atom. The number of hydrogen-bond donors (Lipinski definition) is 2. The van der Waals surface area contributed by atoms with E-state index in [1.165, 1.54) is 12.1 Å². The lowest BCUT2D eigenvalue weighted by atomic mass is 10.3. The summed E-state index contributed by atoms with van der Waals surface area (Å²) in [6.07, 6.45) is 0. The normalized spacial score (nSPS) is 11.3. The Hall–Kier alpha value is -0.570. The average Bonchev–Trinajstić information content (AvgIpc) is 2.34. The molecule has 0 saturated carbocycles. The highest BCUT2D eigenvalue weighted by Crippen LogP contribution is 2.34. The van der Waals surface area contributed by atoms with Crippen LogP contribution in [-0.4, -0.2) is 8.42 Å². The molecule has 0 fully saturated rings. The standard InChI is InChI=1S/C12H9Br3N2O2S/c13-7-2-1-3-9(4-7)20(18,19)17-12-10(15)5-8(14)6-11(12)16/h1-6,17H,16H2. The minimum atomic E-state index is -3.70. The molecule has 0 unspecified atom stereocenters. The van der Waals surface area contributed by atoms with Gasteiger partial charge >= 0.3 is 0 Å². The van der Waals surface area contributed by atoms with E-state index in [0.717, 1.165) is 4.47 Å². The van der Waals surface area contributed by atoms with E-state index in [0.29, 0.717) is 20.3 Å². The molecule has 2 aromatic carbocycles. The highest BCUT2D eigenvalue weighted by molar-refractivity contribution is 9.11. The van der Waals surface area contributed by atoms with Gasteiger partial charge in [0.25, 0.3) is 10.0 Å². The van der Waals surface area contributed by atoms with Crippen molar-refractivity contribution in [1.29, 1.82) is 0 Å². The zero-order valence-electron chi connectivity index (χ0n) is 9.90. The lowest BCUT2D eigenvalue weighted by Gasteiger charge is -2.13. The van der Waals surface area contributed by atoms with E-state index in [1.807, 2.05) is 0 Å². The van der Waals surface area contributed by atoms with Crippen LogP contribution in [0.2, 0.25) is 0 Å². The number of anilines is 2. The van der Waals surface area contributed by atoms with Gasteiger partial charge in [-0.2, -0.15) is 0 Å². The zero-order chi connectivity index (χ0) is 14.9. The number of benzene rings is 2. The second-order valence-corrected chi connectivity index (χ2v) is 8.28. The van der Waals surface area contributed by atoms with Crippen molar-refractivity contribution in [2.45, 2.75) is 4.90 Å². The molecular formula is C12H9Br3N2O2S. The highest BCUT2D eigenvalue weighted by atomic mass is 79.9. The SMILES string of the molecule is Nc1cc(Br)cc(Br)c1NS(=O)(=O)c1cccc(Br)c1. The summed E-state index contributed by atoms with van der Waals surface area (Å²) >= 11 is 9.83. The Balaban J connectivity index is 2.44. The van der Waals surface area contributed by atoms with Gasteiger partial charge < -0.3 is 5.73 Å². The molecule has 2 aromatic rings. The Labute approximate surface area is 142 Å². The first kappa shape index (κ1) is 15.8. The smallest absolute Gasteiger partial charge is 0.262 e. The molecule has 0 heterocycles. The molecule has 106 valence electrons. The van der Waals surface area contributed by atoms with E-state index in [1.54, 1.807) is 24.3 Å². The van der Waals surface area contributed by atoms with Gasteiger partial charge in [0.15, 0.2) is 0 Å². The molecule has 0 radical (unpaired) electrons. The molecule has 0 aliphatic carbocycles. The summed E-state index contributed by atoms with van der Waals surface area (Å²) in [4.78, 5) is 0.154. The Bertz CT molecular complexity index is 740. The molecule has 8 heteroatoms. The van der Waals surface area contributed by atoms with Crippen LogP contribution in [-0.2, 0) is 10.0 Å². The summed E-state index contributed by atoms with van der Waals surface area (Å²) in [6, 6.07) is 9.78. The molecule has 0 aliphatic heterocycles. The van der Waals surface area contributed by atoms with Crippen LogP contribution in [0.1, 0.15) is 0 Å². The molecule has 0 aromatic heterocycles. The molecule has 2 rings (SSSR count). The number of nitrogens with one attached hydrogen (secondary N) is 1. The number of rotatable bonds is 3. The minimum Gasteiger partial charge on any atom is -0.397 e. The lowest BCUT2D eigenvalue weighted by molar-refractivity contribution is 0.601. The maximum Gasteiger partial charge on any atom is 0.262 e. The number of halogens is 3. The summed E-state index contributed by atoms with van der Waals surface area (Å²) < 4.78 is 29.1. The van der Waals surface area contributed by atoms with Crippen molar-refractivity contribution in [3.8, 4) is 0 Å². The Kier molecular flexibility index (Phi) is 4.78. The second kappa shape index (κ2) is 6.05. The molecule has 0 saturated heterocycles.